The number of methoxy groups -OCH3 is 2. The Balaban J connectivity index is 2.04. The third-order valence-corrected chi connectivity index (χ3v) is 5.26. The number of carbonyl (C=O) groups is 2. The van der Waals surface area contributed by atoms with Crippen LogP contribution in [0.15, 0.2) is 51.5 Å². The SMILES string of the molecule is CCOC(=O)c1ccc(N2N=C(C(F)(F)F)/C(=C\c3cc(OC)c(OC)cc3Br)C2=O)cc1. The molecule has 11 heteroatoms. The Bertz CT molecular complexity index is 1140. The number of hydrogen-bond acceptors (Lipinski definition) is 6. The molecule has 1 aliphatic rings. The van der Waals surface area contributed by atoms with E-state index < -0.39 is 29.3 Å². The van der Waals surface area contributed by atoms with Crippen molar-refractivity contribution in [1.29, 1.82) is 0 Å². The smallest absolute Gasteiger partial charge is 0.435 e. The van der Waals surface area contributed by atoms with Crippen LogP contribution in [0.2, 0.25) is 0 Å². The lowest BCUT2D eigenvalue weighted by Crippen LogP contribution is -2.25. The molecule has 2 aromatic rings. The fourth-order valence-electron chi connectivity index (χ4n) is 3.02. The van der Waals surface area contributed by atoms with Gasteiger partial charge in [-0.3, -0.25) is 4.79 Å². The van der Waals surface area contributed by atoms with Gasteiger partial charge in [0.25, 0.3) is 5.91 Å². The first kappa shape index (κ1) is 24.3. The molecule has 0 aromatic heterocycles. The van der Waals surface area contributed by atoms with E-state index in [-0.39, 0.29) is 29.2 Å². The van der Waals surface area contributed by atoms with Crippen LogP contribution in [0.5, 0.6) is 11.5 Å². The summed E-state index contributed by atoms with van der Waals surface area (Å²) in [4.78, 5) is 24.8. The third-order valence-electron chi connectivity index (χ3n) is 4.57. The van der Waals surface area contributed by atoms with Gasteiger partial charge < -0.3 is 14.2 Å². The van der Waals surface area contributed by atoms with Crippen molar-refractivity contribution in [2.45, 2.75) is 13.1 Å². The van der Waals surface area contributed by atoms with Crippen molar-refractivity contribution in [3.63, 3.8) is 0 Å². The Hall–Kier alpha value is -3.34. The van der Waals surface area contributed by atoms with Crippen LogP contribution in [0.25, 0.3) is 6.08 Å². The summed E-state index contributed by atoms with van der Waals surface area (Å²) in [5.41, 5.74) is -1.48. The van der Waals surface area contributed by atoms with E-state index in [1.54, 1.807) is 6.92 Å². The van der Waals surface area contributed by atoms with Crippen LogP contribution in [0.4, 0.5) is 18.9 Å². The second-order valence-electron chi connectivity index (χ2n) is 6.62. The van der Waals surface area contributed by atoms with Crippen LogP contribution in [0, 0.1) is 0 Å². The summed E-state index contributed by atoms with van der Waals surface area (Å²) in [5, 5.41) is 4.16. The minimum absolute atomic E-state index is 0.0598. The zero-order chi connectivity index (χ0) is 24.3. The number of alkyl halides is 3. The molecule has 0 atom stereocenters. The van der Waals surface area contributed by atoms with Crippen molar-refractivity contribution in [3.8, 4) is 11.5 Å². The lowest BCUT2D eigenvalue weighted by Gasteiger charge is -2.13. The monoisotopic (exact) mass is 526 g/mol. The molecule has 0 saturated carbocycles. The average molecular weight is 527 g/mol. The second kappa shape index (κ2) is 9.65. The molecule has 0 aliphatic carbocycles. The minimum atomic E-state index is -4.88. The first-order valence-corrected chi connectivity index (χ1v) is 10.3. The highest BCUT2D eigenvalue weighted by Crippen LogP contribution is 2.37. The van der Waals surface area contributed by atoms with Gasteiger partial charge in [0.05, 0.1) is 37.7 Å². The molecule has 0 saturated heterocycles. The third kappa shape index (κ3) is 5.03. The number of rotatable bonds is 6. The predicted octanol–water partition coefficient (Wildman–Crippen LogP) is 4.99. The van der Waals surface area contributed by atoms with Gasteiger partial charge in [-0.15, -0.1) is 0 Å². The fourth-order valence-corrected chi connectivity index (χ4v) is 3.46. The maximum absolute atomic E-state index is 13.7. The van der Waals surface area contributed by atoms with Gasteiger partial charge in [0.1, 0.15) is 0 Å². The van der Waals surface area contributed by atoms with Crippen molar-refractivity contribution in [2.75, 3.05) is 25.8 Å². The molecule has 0 fully saturated rings. The molecule has 0 bridgehead atoms. The van der Waals surface area contributed by atoms with Crippen molar-refractivity contribution in [1.82, 2.24) is 0 Å². The molecule has 33 heavy (non-hydrogen) atoms. The maximum Gasteiger partial charge on any atom is 0.435 e. The van der Waals surface area contributed by atoms with Crippen LogP contribution in [0.1, 0.15) is 22.8 Å². The lowest BCUT2D eigenvalue weighted by atomic mass is 10.1. The average Bonchev–Trinajstić information content (AvgIpc) is 3.11. The molecule has 1 heterocycles. The van der Waals surface area contributed by atoms with Gasteiger partial charge in [-0.25, -0.2) is 4.79 Å². The Kier molecular flexibility index (Phi) is 7.11. The van der Waals surface area contributed by atoms with Gasteiger partial charge in [0.15, 0.2) is 17.2 Å². The van der Waals surface area contributed by atoms with E-state index in [4.69, 9.17) is 14.2 Å². The number of hydrogen-bond donors (Lipinski definition) is 0. The summed E-state index contributed by atoms with van der Waals surface area (Å²) in [6, 6.07) is 8.27. The van der Waals surface area contributed by atoms with Gasteiger partial charge in [-0.05, 0) is 55.0 Å². The highest BCUT2D eigenvalue weighted by molar-refractivity contribution is 9.10. The molecule has 3 rings (SSSR count). The number of benzene rings is 2. The van der Waals surface area contributed by atoms with E-state index in [0.29, 0.717) is 15.2 Å². The second-order valence-corrected chi connectivity index (χ2v) is 7.47. The molecule has 0 spiro atoms. The van der Waals surface area contributed by atoms with Crippen LogP contribution in [0.3, 0.4) is 0 Å². The fraction of sp³-hybridized carbons (Fsp3) is 0.227. The number of anilines is 1. The van der Waals surface area contributed by atoms with Crippen molar-refractivity contribution in [2.24, 2.45) is 5.10 Å². The summed E-state index contributed by atoms with van der Waals surface area (Å²) >= 11 is 3.27. The molecule has 2 aromatic carbocycles. The van der Waals surface area contributed by atoms with Crippen molar-refractivity contribution >= 4 is 45.3 Å². The van der Waals surface area contributed by atoms with E-state index in [2.05, 4.69) is 21.0 Å². The molecule has 174 valence electrons. The highest BCUT2D eigenvalue weighted by Gasteiger charge is 2.47. The van der Waals surface area contributed by atoms with Gasteiger partial charge in [-0.2, -0.15) is 23.3 Å². The Morgan fingerprint density at radius 3 is 2.27 bits per heavy atom. The van der Waals surface area contributed by atoms with E-state index in [1.807, 2.05) is 0 Å². The minimum Gasteiger partial charge on any atom is -0.493 e. The summed E-state index contributed by atoms with van der Waals surface area (Å²) in [6.07, 6.45) is -3.81. The van der Waals surface area contributed by atoms with E-state index in [0.717, 1.165) is 6.08 Å². The summed E-state index contributed by atoms with van der Waals surface area (Å²) in [6.45, 7) is 1.82. The van der Waals surface area contributed by atoms with Crippen LogP contribution < -0.4 is 14.5 Å². The maximum atomic E-state index is 13.7. The Morgan fingerprint density at radius 1 is 1.12 bits per heavy atom. The zero-order valence-corrected chi connectivity index (χ0v) is 19.3. The van der Waals surface area contributed by atoms with Gasteiger partial charge in [0.2, 0.25) is 0 Å². The highest BCUT2D eigenvalue weighted by atomic mass is 79.9. The van der Waals surface area contributed by atoms with Crippen LogP contribution in [-0.2, 0) is 9.53 Å². The zero-order valence-electron chi connectivity index (χ0n) is 17.7. The standard InChI is InChI=1S/C22H18BrF3N2O5/c1-4-33-21(30)12-5-7-14(8-6-12)28-20(29)15(19(27-28)22(24,25)26)9-13-10-17(31-2)18(32-3)11-16(13)23/h5-11H,4H2,1-3H3/b15-9+. The van der Waals surface area contributed by atoms with Crippen LogP contribution in [-0.4, -0.2) is 44.6 Å². The van der Waals surface area contributed by atoms with E-state index in [9.17, 15) is 22.8 Å². The molecular weight excluding hydrogens is 509 g/mol. The van der Waals surface area contributed by atoms with E-state index in [1.165, 1.54) is 50.6 Å². The van der Waals surface area contributed by atoms with Gasteiger partial charge in [0, 0.05) is 4.47 Å². The van der Waals surface area contributed by atoms with E-state index >= 15 is 0 Å². The molecule has 0 unspecified atom stereocenters. The molecule has 1 aliphatic heterocycles. The molecule has 1 amide bonds. The number of carbonyl (C=O) groups excluding carboxylic acids is 2. The first-order valence-electron chi connectivity index (χ1n) is 9.51. The number of esters is 1. The van der Waals surface area contributed by atoms with Crippen molar-refractivity contribution in [3.05, 3.63) is 57.6 Å². The predicted molar refractivity (Wildman–Crippen MR) is 119 cm³/mol. The molecule has 0 N–H and O–H groups in total. The normalized spacial score (nSPS) is 15.0. The van der Waals surface area contributed by atoms with Crippen LogP contribution >= 0.6 is 15.9 Å². The van der Waals surface area contributed by atoms with Crippen molar-refractivity contribution < 1.29 is 37.0 Å². The Labute approximate surface area is 195 Å². The summed E-state index contributed by atoms with van der Waals surface area (Å²) in [5.74, 6) is -0.935. The first-order chi connectivity index (χ1) is 15.6. The topological polar surface area (TPSA) is 77.4 Å². The number of hydrazone groups is 1. The van der Waals surface area contributed by atoms with Gasteiger partial charge >= 0.3 is 12.1 Å². The number of nitrogens with zero attached hydrogens (tertiary/aromatic N) is 2. The molecular formula is C22H18BrF3N2O5. The lowest BCUT2D eigenvalue weighted by molar-refractivity contribution is -0.114. The van der Waals surface area contributed by atoms with Gasteiger partial charge in [-0.1, -0.05) is 15.9 Å². The number of halogens is 4. The molecule has 0 radical (unpaired) electrons. The Morgan fingerprint density at radius 2 is 1.73 bits per heavy atom. The largest absolute Gasteiger partial charge is 0.493 e. The molecule has 7 nitrogen and oxygen atoms in total. The number of amides is 1. The number of ether oxygens (including phenoxy) is 3. The quantitative estimate of drug-likeness (QED) is 0.391. The summed E-state index contributed by atoms with van der Waals surface area (Å²) in [7, 11) is 2.80. The summed E-state index contributed by atoms with van der Waals surface area (Å²) < 4.78 is 56.8.